The fourth-order valence-electron chi connectivity index (χ4n) is 3.20. The van der Waals surface area contributed by atoms with Crippen LogP contribution in [0.3, 0.4) is 0 Å². The second-order valence-corrected chi connectivity index (χ2v) is 7.69. The van der Waals surface area contributed by atoms with Crippen LogP contribution in [0.5, 0.6) is 0 Å². The van der Waals surface area contributed by atoms with Crippen LogP contribution >= 0.6 is 23.7 Å². The first-order valence-electron chi connectivity index (χ1n) is 8.76. The van der Waals surface area contributed by atoms with E-state index in [0.29, 0.717) is 12.3 Å². The number of hydrogen-bond acceptors (Lipinski definition) is 4. The molecule has 1 aromatic heterocycles. The fraction of sp³-hybridized carbons (Fsp3) is 0.474. The number of aryl methyl sites for hydroxylation is 1. The number of hydrogen-bond donors (Lipinski definition) is 2. The van der Waals surface area contributed by atoms with Gasteiger partial charge < -0.3 is 10.6 Å². The van der Waals surface area contributed by atoms with Gasteiger partial charge in [-0.2, -0.15) is 0 Å². The molecule has 2 atom stereocenters. The molecule has 1 saturated heterocycles. The largest absolute Gasteiger partial charge is 0.349 e. The first-order valence-corrected chi connectivity index (χ1v) is 9.58. The van der Waals surface area contributed by atoms with Crippen molar-refractivity contribution >= 4 is 29.7 Å². The maximum Gasteiger partial charge on any atom is 0.220 e. The fourth-order valence-corrected chi connectivity index (χ4v) is 4.28. The summed E-state index contributed by atoms with van der Waals surface area (Å²) in [6.07, 6.45) is 2.67. The van der Waals surface area contributed by atoms with E-state index in [2.05, 4.69) is 15.6 Å². The van der Waals surface area contributed by atoms with Crippen LogP contribution in [-0.4, -0.2) is 24.0 Å². The van der Waals surface area contributed by atoms with E-state index in [4.69, 9.17) is 0 Å². The van der Waals surface area contributed by atoms with Gasteiger partial charge in [-0.25, -0.2) is 9.37 Å². The molecular formula is C19H25ClFN3OS. The van der Waals surface area contributed by atoms with Crippen molar-refractivity contribution in [2.24, 2.45) is 5.92 Å². The van der Waals surface area contributed by atoms with Crippen molar-refractivity contribution in [3.05, 3.63) is 40.7 Å². The van der Waals surface area contributed by atoms with Crippen LogP contribution < -0.4 is 10.6 Å². The second-order valence-electron chi connectivity index (χ2n) is 6.66. The monoisotopic (exact) mass is 397 g/mol. The lowest BCUT2D eigenvalue weighted by atomic mass is 10.0. The third-order valence-electron chi connectivity index (χ3n) is 4.64. The van der Waals surface area contributed by atoms with Gasteiger partial charge in [0, 0.05) is 12.0 Å². The first kappa shape index (κ1) is 20.8. The van der Waals surface area contributed by atoms with Crippen molar-refractivity contribution < 1.29 is 9.18 Å². The standard InChI is InChI=1S/C19H24FN3OS.ClH/c1-12(22-17(24)8-3-14-9-10-21-11-14)18-13(2)23-19(25-18)15-4-6-16(20)7-5-15;/h4-7,12,14,21H,3,8-11H2,1-2H3,(H,22,24);1H. The van der Waals surface area contributed by atoms with Crippen molar-refractivity contribution in [2.75, 3.05) is 13.1 Å². The van der Waals surface area contributed by atoms with Gasteiger partial charge in [-0.1, -0.05) is 0 Å². The molecule has 2 heterocycles. The highest BCUT2D eigenvalue weighted by Crippen LogP contribution is 2.32. The zero-order chi connectivity index (χ0) is 17.8. The Labute approximate surface area is 164 Å². The molecule has 3 rings (SSSR count). The molecule has 2 unspecified atom stereocenters. The van der Waals surface area contributed by atoms with Crippen LogP contribution in [-0.2, 0) is 4.79 Å². The molecule has 26 heavy (non-hydrogen) atoms. The highest BCUT2D eigenvalue weighted by molar-refractivity contribution is 7.15. The van der Waals surface area contributed by atoms with E-state index >= 15 is 0 Å². The predicted molar refractivity (Wildman–Crippen MR) is 106 cm³/mol. The van der Waals surface area contributed by atoms with E-state index in [1.807, 2.05) is 13.8 Å². The van der Waals surface area contributed by atoms with Crippen LogP contribution in [0.15, 0.2) is 24.3 Å². The molecule has 0 bridgehead atoms. The summed E-state index contributed by atoms with van der Waals surface area (Å²) < 4.78 is 13.1. The van der Waals surface area contributed by atoms with Gasteiger partial charge in [0.05, 0.1) is 16.6 Å². The number of thiazole rings is 1. The molecule has 7 heteroatoms. The number of carbonyl (C=O) groups excluding carboxylic acids is 1. The Morgan fingerprint density at radius 2 is 2.15 bits per heavy atom. The molecule has 0 saturated carbocycles. The van der Waals surface area contributed by atoms with Gasteiger partial charge >= 0.3 is 0 Å². The molecule has 0 aliphatic carbocycles. The number of nitrogens with zero attached hydrogens (tertiary/aromatic N) is 1. The summed E-state index contributed by atoms with van der Waals surface area (Å²) in [4.78, 5) is 17.9. The maximum atomic E-state index is 13.1. The minimum Gasteiger partial charge on any atom is -0.349 e. The summed E-state index contributed by atoms with van der Waals surface area (Å²) >= 11 is 1.55. The van der Waals surface area contributed by atoms with Crippen molar-refractivity contribution in [3.8, 4) is 10.6 Å². The van der Waals surface area contributed by atoms with Gasteiger partial charge in [0.25, 0.3) is 0 Å². The zero-order valence-electron chi connectivity index (χ0n) is 15.0. The first-order chi connectivity index (χ1) is 12.0. The van der Waals surface area contributed by atoms with Crippen LogP contribution in [0.4, 0.5) is 4.39 Å². The summed E-state index contributed by atoms with van der Waals surface area (Å²) in [6.45, 7) is 6.03. The molecule has 2 aromatic rings. The average Bonchev–Trinajstić information content (AvgIpc) is 3.23. The molecule has 1 amide bonds. The molecule has 1 aliphatic rings. The lowest BCUT2D eigenvalue weighted by Gasteiger charge is -2.14. The summed E-state index contributed by atoms with van der Waals surface area (Å²) in [5.41, 5.74) is 1.81. The lowest BCUT2D eigenvalue weighted by molar-refractivity contribution is -0.122. The summed E-state index contributed by atoms with van der Waals surface area (Å²) in [7, 11) is 0. The third-order valence-corrected chi connectivity index (χ3v) is 6.03. The number of carbonyl (C=O) groups is 1. The molecule has 4 nitrogen and oxygen atoms in total. The minimum absolute atomic E-state index is 0. The van der Waals surface area contributed by atoms with E-state index < -0.39 is 0 Å². The average molecular weight is 398 g/mol. The SMILES string of the molecule is Cc1nc(-c2ccc(F)cc2)sc1C(C)NC(=O)CCC1CCNC1.Cl. The second kappa shape index (κ2) is 9.44. The van der Waals surface area contributed by atoms with Gasteiger partial charge in [-0.3, -0.25) is 4.79 Å². The molecular weight excluding hydrogens is 373 g/mol. The molecule has 0 radical (unpaired) electrons. The Morgan fingerprint density at radius 1 is 1.42 bits per heavy atom. The zero-order valence-corrected chi connectivity index (χ0v) is 16.7. The van der Waals surface area contributed by atoms with Crippen molar-refractivity contribution in [2.45, 2.75) is 39.2 Å². The van der Waals surface area contributed by atoms with Crippen LogP contribution in [0.1, 0.15) is 42.8 Å². The van der Waals surface area contributed by atoms with Gasteiger partial charge in [-0.05, 0) is 70.0 Å². The molecule has 2 N–H and O–H groups in total. The highest BCUT2D eigenvalue weighted by atomic mass is 35.5. The predicted octanol–water partition coefficient (Wildman–Crippen LogP) is 4.25. The Hall–Kier alpha value is -1.50. The van der Waals surface area contributed by atoms with Gasteiger partial charge in [0.1, 0.15) is 10.8 Å². The van der Waals surface area contributed by atoms with Crippen molar-refractivity contribution in [1.82, 2.24) is 15.6 Å². The minimum atomic E-state index is -0.254. The molecule has 1 aromatic carbocycles. The quantitative estimate of drug-likeness (QED) is 0.766. The molecule has 0 spiro atoms. The van der Waals surface area contributed by atoms with Crippen LogP contribution in [0.25, 0.3) is 10.6 Å². The number of halogens is 2. The highest BCUT2D eigenvalue weighted by Gasteiger charge is 2.19. The lowest BCUT2D eigenvalue weighted by Crippen LogP contribution is -2.27. The number of rotatable bonds is 6. The number of benzene rings is 1. The number of amides is 1. The Morgan fingerprint density at radius 3 is 2.81 bits per heavy atom. The smallest absolute Gasteiger partial charge is 0.220 e. The van der Waals surface area contributed by atoms with E-state index in [0.717, 1.165) is 47.1 Å². The van der Waals surface area contributed by atoms with E-state index in [9.17, 15) is 9.18 Å². The Balaban J connectivity index is 0.00000243. The molecule has 1 aliphatic heterocycles. The normalized spacial score (nSPS) is 17.6. The van der Waals surface area contributed by atoms with Crippen LogP contribution in [0.2, 0.25) is 0 Å². The van der Waals surface area contributed by atoms with Crippen molar-refractivity contribution in [1.29, 1.82) is 0 Å². The summed E-state index contributed by atoms with van der Waals surface area (Å²) in [5.74, 6) is 0.460. The van der Waals surface area contributed by atoms with E-state index in [1.165, 1.54) is 12.1 Å². The van der Waals surface area contributed by atoms with Crippen molar-refractivity contribution in [3.63, 3.8) is 0 Å². The third kappa shape index (κ3) is 5.25. The molecule has 142 valence electrons. The topological polar surface area (TPSA) is 54.0 Å². The van der Waals surface area contributed by atoms with E-state index in [1.54, 1.807) is 23.5 Å². The maximum absolute atomic E-state index is 13.1. The molecule has 1 fully saturated rings. The number of aromatic nitrogens is 1. The van der Waals surface area contributed by atoms with E-state index in [-0.39, 0.29) is 30.2 Å². The summed E-state index contributed by atoms with van der Waals surface area (Å²) in [5, 5.41) is 7.27. The van der Waals surface area contributed by atoms with Gasteiger partial charge in [-0.15, -0.1) is 23.7 Å². The summed E-state index contributed by atoms with van der Waals surface area (Å²) in [6, 6.07) is 6.27. The Kier molecular flexibility index (Phi) is 7.55. The Bertz CT molecular complexity index is 729. The number of nitrogens with one attached hydrogen (secondary N) is 2. The van der Waals surface area contributed by atoms with Crippen LogP contribution in [0, 0.1) is 18.7 Å². The van der Waals surface area contributed by atoms with Gasteiger partial charge in [0.15, 0.2) is 0 Å². The van der Waals surface area contributed by atoms with Gasteiger partial charge in [0.2, 0.25) is 5.91 Å².